The number of hydrogen-bond donors (Lipinski definition) is 0. The van der Waals surface area contributed by atoms with Crippen LogP contribution in [0.1, 0.15) is 33.5 Å². The van der Waals surface area contributed by atoms with Crippen LogP contribution in [0.5, 0.6) is 35.1 Å². The fraction of sp³-hybridized carbons (Fsp3) is 0.0556. The minimum Gasteiger partial charge on any atom is -0.496 e. The maximum atomic E-state index is 13.6. The highest BCUT2D eigenvalue weighted by molar-refractivity contribution is 7.13. The molecule has 0 aliphatic rings. The van der Waals surface area contributed by atoms with Crippen LogP contribution in [0.4, 0.5) is 17.6 Å². The smallest absolute Gasteiger partial charge is 0.416 e. The number of thiazole rings is 6. The lowest BCUT2D eigenvalue weighted by atomic mass is 10.0. The number of benzene rings is 12. The van der Waals surface area contributed by atoms with E-state index in [2.05, 4.69) is 65.2 Å². The number of nitrogens with zero attached hydrogens (tertiary/aromatic N) is 18. The summed E-state index contributed by atoms with van der Waals surface area (Å²) in [5.74, 6) is 1.20. The minimum absolute atomic E-state index is 0.134. The summed E-state index contributed by atoms with van der Waals surface area (Å²) in [4.78, 5) is 89.8. The first-order chi connectivity index (χ1) is 73.3. The lowest BCUT2D eigenvalue weighted by Crippen LogP contribution is -2.07. The first-order valence-corrected chi connectivity index (χ1v) is 50.7. The molecule has 0 saturated carbocycles. The highest BCUT2D eigenvalue weighted by atomic mass is 35.5. The van der Waals surface area contributed by atoms with E-state index in [9.17, 15) is 46.3 Å². The predicted octanol–water partition coefficient (Wildman–Crippen LogP) is 24.9. The summed E-state index contributed by atoms with van der Waals surface area (Å²) in [6.07, 6.45) is -4.46. The Balaban J connectivity index is 0.000000113. The number of rotatable bonds is 26. The standard InChI is InChI=1S/C21H16F3N3O2S.C18H13N3O3S.C18H13N3O2S.C17H10ClN3O2S.C17H10FN3O2S.C17H11N3O2S/c1-2-29-20(28)16-12-30-18(25-16)11-27-17-10-14(21(22,23)24)8-9-15(17)19(26-27)13-6-4-3-5-7-13;1-23-15-9-5-3-7-13(15)17-12-6-2-4-8-14(12)21(20-17)18-19-16(10-25-18)24-11-22;1-12-6-2-3-7-13(12)17-14-8-4-5-9-15(14)21(20-17)18-19-16(10-24-18)23-11-22;2*18-12-5-3-4-11(8-12)16-13-6-1-2-7-14(13)21(20-16)17-19-15(9-24-17)23-10-22;21-11-22-15-10-23-17(18-15)20-14-9-5-4-8-13(14)16(19-20)12-6-2-1-3-7-12/h3-10,12H,2,11H2,1H3;2-11H,1H3;2-11H,1H3;2*1-10H;1-11H. The maximum Gasteiger partial charge on any atom is 0.416 e. The van der Waals surface area contributed by atoms with Crippen molar-refractivity contribution in [1.29, 1.82) is 0 Å². The Morgan fingerprint density at radius 1 is 0.353 bits per heavy atom. The second kappa shape index (κ2) is 46.1. The zero-order valence-electron chi connectivity index (χ0n) is 78.3. The molecule has 0 spiro atoms. The first-order valence-electron chi connectivity index (χ1n) is 45.1. The van der Waals surface area contributed by atoms with Gasteiger partial charge in [0.2, 0.25) is 55.1 Å². The number of methoxy groups -OCH3 is 1. The van der Waals surface area contributed by atoms with Crippen molar-refractivity contribution in [2.45, 2.75) is 26.6 Å². The van der Waals surface area contributed by atoms with Crippen molar-refractivity contribution in [2.75, 3.05) is 13.7 Å². The molecule has 12 aromatic carbocycles. The van der Waals surface area contributed by atoms with Gasteiger partial charge >= 0.3 is 12.1 Å². The van der Waals surface area contributed by atoms with E-state index >= 15 is 0 Å². The molecule has 0 fully saturated rings. The average Bonchev–Trinajstić information content (AvgIpc) is 1.63. The molecular formula is C108H73ClF4N18O13S6. The quantitative estimate of drug-likeness (QED) is 0.0276. The van der Waals surface area contributed by atoms with E-state index < -0.39 is 17.7 Å². The van der Waals surface area contributed by atoms with Gasteiger partial charge in [-0.25, -0.2) is 37.6 Å². The van der Waals surface area contributed by atoms with Crippen LogP contribution < -0.4 is 28.4 Å². The molecule has 24 aromatic rings. The highest BCUT2D eigenvalue weighted by Crippen LogP contribution is 2.42. The van der Waals surface area contributed by atoms with Gasteiger partial charge in [-0.2, -0.15) is 68.7 Å². The number of hydrogen-bond acceptors (Lipinski definition) is 31. The number of esters is 1. The Morgan fingerprint density at radius 2 is 0.700 bits per heavy atom. The van der Waals surface area contributed by atoms with Gasteiger partial charge < -0.3 is 33.2 Å². The SMILES string of the molecule is CCOC(=O)c1csc(Cn2nc(-c3ccccc3)c3ccc(C(F)(F)F)cc32)n1.COc1ccccc1-c1nn(-c2nc(OC=O)cs2)c2ccccc12.Cc1ccccc1-c1nn(-c2nc(OC=O)cs2)c2ccccc12.O=COc1csc(-n2nc(-c3cccc(Cl)c3)c3ccccc32)n1.O=COc1csc(-n2nc(-c3cccc(F)c3)c3ccccc32)n1.O=COc1csc(-n2nc(-c3ccccc3)c3ccccc32)n1. The monoisotopic (exact) mass is 2130 g/mol. The van der Waals surface area contributed by atoms with Crippen molar-refractivity contribution in [3.05, 3.63) is 362 Å². The Kier molecular flexibility index (Phi) is 30.9. The van der Waals surface area contributed by atoms with Crippen LogP contribution in [0, 0.1) is 12.7 Å². The zero-order chi connectivity index (χ0) is 104. The summed E-state index contributed by atoms with van der Waals surface area (Å²) in [6.45, 7) is 5.93. The first kappa shape index (κ1) is 101. The van der Waals surface area contributed by atoms with Crippen LogP contribution in [-0.4, -0.2) is 141 Å². The Morgan fingerprint density at radius 3 is 1.10 bits per heavy atom. The van der Waals surface area contributed by atoms with Crippen LogP contribution in [0.25, 0.3) is 159 Å². The normalized spacial score (nSPS) is 11.0. The molecule has 42 heteroatoms. The van der Waals surface area contributed by atoms with Crippen LogP contribution in [-0.2, 0) is 41.4 Å². The van der Waals surface area contributed by atoms with Crippen LogP contribution >= 0.6 is 79.6 Å². The number of ether oxygens (including phenoxy) is 7. The van der Waals surface area contributed by atoms with Gasteiger partial charge in [0, 0.05) is 76.1 Å². The van der Waals surface area contributed by atoms with E-state index in [4.69, 9.17) is 65.2 Å². The van der Waals surface area contributed by atoms with Crippen LogP contribution in [0.15, 0.2) is 330 Å². The zero-order valence-corrected chi connectivity index (χ0v) is 83.9. The summed E-state index contributed by atoms with van der Waals surface area (Å²) < 4.78 is 98.0. The third kappa shape index (κ3) is 22.2. The maximum absolute atomic E-state index is 13.6. The van der Waals surface area contributed by atoms with E-state index in [-0.39, 0.29) is 54.1 Å². The second-order valence-corrected chi connectivity index (χ2v) is 37.2. The lowest BCUT2D eigenvalue weighted by Gasteiger charge is -2.07. The lowest BCUT2D eigenvalue weighted by molar-refractivity contribution is -0.137. The Hall–Kier alpha value is -18.1. The van der Waals surface area contributed by atoms with Crippen molar-refractivity contribution in [3.63, 3.8) is 0 Å². The Bertz CT molecular complexity index is 8840. The van der Waals surface area contributed by atoms with E-state index in [1.807, 2.05) is 243 Å². The summed E-state index contributed by atoms with van der Waals surface area (Å²) in [5, 5.41) is 47.9. The van der Waals surface area contributed by atoms with Crippen molar-refractivity contribution >= 4 is 183 Å². The molecule has 12 heterocycles. The van der Waals surface area contributed by atoms with E-state index in [1.54, 1.807) is 75.8 Å². The Labute approximate surface area is 875 Å². The molecule has 0 aliphatic heterocycles. The second-order valence-electron chi connectivity index (χ2n) is 31.7. The van der Waals surface area contributed by atoms with Crippen molar-refractivity contribution in [3.8, 4) is 128 Å². The fourth-order valence-corrected chi connectivity index (χ4v) is 20.4. The fourth-order valence-electron chi connectivity index (χ4n) is 16.0. The number of alkyl halides is 3. The third-order valence-corrected chi connectivity index (χ3v) is 27.5. The van der Waals surface area contributed by atoms with Gasteiger partial charge in [0.05, 0.1) is 85.8 Å². The number of fused-ring (bicyclic) bond motifs is 6. The van der Waals surface area contributed by atoms with Gasteiger partial charge in [-0.3, -0.25) is 28.7 Å². The van der Waals surface area contributed by atoms with Crippen molar-refractivity contribution in [1.82, 2.24) is 88.6 Å². The average molecular weight is 2130 g/mol. The van der Waals surface area contributed by atoms with Gasteiger partial charge in [-0.1, -0.05) is 281 Å². The summed E-state index contributed by atoms with van der Waals surface area (Å²) in [5.41, 5.74) is 15.7. The van der Waals surface area contributed by atoms with Crippen molar-refractivity contribution < 1.29 is 79.5 Å². The number of halogens is 5. The molecule has 0 radical (unpaired) electrons. The van der Waals surface area contributed by atoms with E-state index in [0.717, 1.165) is 129 Å². The predicted molar refractivity (Wildman–Crippen MR) is 568 cm³/mol. The molecular weight excluding hydrogens is 2060 g/mol. The molecule has 0 N–H and O–H groups in total. The number of aromatic nitrogens is 18. The van der Waals surface area contributed by atoms with E-state index in [0.29, 0.717) is 95.9 Å². The molecule has 31 nitrogen and oxygen atoms in total. The number of carbonyl (C=O) groups excluding carboxylic acids is 6. The highest BCUT2D eigenvalue weighted by Gasteiger charge is 2.33. The number of carbonyl (C=O) groups is 6. The van der Waals surface area contributed by atoms with Crippen LogP contribution in [0.2, 0.25) is 5.02 Å². The number of para-hydroxylation sites is 6. The van der Waals surface area contributed by atoms with Gasteiger partial charge in [0.1, 0.15) is 50.7 Å². The molecule has 0 bridgehead atoms. The minimum atomic E-state index is -4.46. The van der Waals surface area contributed by atoms with Gasteiger partial charge in [-0.15, -0.1) is 11.3 Å². The third-order valence-electron chi connectivity index (χ3n) is 22.5. The van der Waals surface area contributed by atoms with Crippen molar-refractivity contribution in [2.24, 2.45) is 0 Å². The molecule has 0 unspecified atom stereocenters. The molecule has 0 aliphatic carbocycles. The molecule has 150 heavy (non-hydrogen) atoms. The molecule has 0 amide bonds. The summed E-state index contributed by atoms with van der Waals surface area (Å²) >= 11 is 14.1. The molecule has 744 valence electrons. The largest absolute Gasteiger partial charge is 0.496 e. The number of aryl methyl sites for hydroxylation is 1. The topological polar surface area (TPSA) is 351 Å². The van der Waals surface area contributed by atoms with Gasteiger partial charge in [-0.05, 0) is 104 Å². The summed E-state index contributed by atoms with van der Waals surface area (Å²) in [6, 6.07) is 92.1. The van der Waals surface area contributed by atoms with Gasteiger partial charge in [0.25, 0.3) is 32.4 Å². The molecule has 0 saturated heterocycles. The van der Waals surface area contributed by atoms with Crippen LogP contribution in [0.3, 0.4) is 0 Å². The molecule has 24 rings (SSSR count). The van der Waals surface area contributed by atoms with E-state index in [1.165, 1.54) is 90.9 Å². The summed E-state index contributed by atoms with van der Waals surface area (Å²) in [7, 11) is 1.64. The van der Waals surface area contributed by atoms with Gasteiger partial charge in [0.15, 0.2) is 5.69 Å². The molecule has 12 aromatic heterocycles. The molecule has 0 atom stereocenters.